The highest BCUT2D eigenvalue weighted by atomic mass is 16.7. The zero-order valence-corrected chi connectivity index (χ0v) is 31.3. The van der Waals surface area contributed by atoms with Crippen molar-refractivity contribution in [2.75, 3.05) is 58.3 Å². The summed E-state index contributed by atoms with van der Waals surface area (Å²) in [6.07, 6.45) is -0.581. The molecule has 0 aliphatic heterocycles. The molecular weight excluding hydrogens is 718 g/mol. The summed E-state index contributed by atoms with van der Waals surface area (Å²) in [4.78, 5) is 82.9. The molecule has 55 heavy (non-hydrogen) atoms. The van der Waals surface area contributed by atoms with E-state index in [0.717, 1.165) is 10.5 Å². The average Bonchev–Trinajstić information content (AvgIpc) is 3.10. The summed E-state index contributed by atoms with van der Waals surface area (Å²) in [6, 6.07) is 6.88. The van der Waals surface area contributed by atoms with Gasteiger partial charge in [0.15, 0.2) is 17.1 Å². The number of nitrogens with two attached hydrogens (primary N) is 1. The Kier molecular flexibility index (Phi) is 11.3. The van der Waals surface area contributed by atoms with Crippen LogP contribution in [0.25, 0.3) is 0 Å². The number of Topliss-reactive ketones (excluding diaryl/α,β-unsaturated/α-hetero) is 2. The van der Waals surface area contributed by atoms with E-state index in [1.807, 2.05) is 6.92 Å². The molecule has 0 unspecified atom stereocenters. The summed E-state index contributed by atoms with van der Waals surface area (Å²) in [5.74, 6) is -9.47. The van der Waals surface area contributed by atoms with Crippen LogP contribution in [0.4, 0.5) is 16.2 Å². The quantitative estimate of drug-likeness (QED) is 0.0831. The van der Waals surface area contributed by atoms with Crippen molar-refractivity contribution in [1.82, 2.24) is 9.80 Å². The van der Waals surface area contributed by atoms with Gasteiger partial charge >= 0.3 is 12.1 Å². The smallest absolute Gasteiger partial charge is 0.413 e. The van der Waals surface area contributed by atoms with Crippen molar-refractivity contribution in [2.45, 2.75) is 44.8 Å². The molecule has 0 aromatic heterocycles. The lowest BCUT2D eigenvalue weighted by Gasteiger charge is -2.50. The number of esters is 1. The molecule has 4 atom stereocenters. The first kappa shape index (κ1) is 40.2. The van der Waals surface area contributed by atoms with E-state index >= 15 is 0 Å². The predicted molar refractivity (Wildman–Crippen MR) is 196 cm³/mol. The zero-order valence-electron chi connectivity index (χ0n) is 31.3. The maximum absolute atomic E-state index is 14.3. The minimum atomic E-state index is -2.81. The number of aliphatic hydroxyl groups excluding tert-OH is 2. The number of fused-ring (bicyclic) bond motifs is 3. The Morgan fingerprint density at radius 2 is 1.67 bits per heavy atom. The summed E-state index contributed by atoms with van der Waals surface area (Å²) >= 11 is 0. The molecule has 0 saturated heterocycles. The van der Waals surface area contributed by atoms with Crippen molar-refractivity contribution < 1.29 is 58.7 Å². The molecule has 0 fully saturated rings. The number of anilines is 2. The molecule has 2 aromatic rings. The Bertz CT molecular complexity index is 2020. The second kappa shape index (κ2) is 15.4. The van der Waals surface area contributed by atoms with Crippen LogP contribution in [0.3, 0.4) is 0 Å². The number of phenolic OH excluding ortho intramolecular Hbond substituents is 1. The van der Waals surface area contributed by atoms with Crippen molar-refractivity contribution in [3.05, 3.63) is 75.3 Å². The summed E-state index contributed by atoms with van der Waals surface area (Å²) in [5.41, 5.74) is 2.77. The van der Waals surface area contributed by atoms with Crippen molar-refractivity contribution in [1.29, 1.82) is 0 Å². The molecule has 2 aromatic carbocycles. The second-order valence-electron chi connectivity index (χ2n) is 14.3. The van der Waals surface area contributed by atoms with Crippen LogP contribution in [0.15, 0.2) is 53.0 Å². The SMILES string of the molecule is CCCN(CC(=O)Nc1cc(N(C)C)c2c(c1O)C(=O)C1=C(O)[C@]3(O)C(=O)C(C(N)=O)=C(O)[C@@H](N(C)C)[C@@H]3C[C@@H]1C2)C(=O)OCOC(=O)c1ccc(C)cc1. The Morgan fingerprint density at radius 1 is 1.02 bits per heavy atom. The molecule has 3 amide bonds. The van der Waals surface area contributed by atoms with Crippen LogP contribution in [0.5, 0.6) is 5.75 Å². The molecular formula is C38H45N5O12. The van der Waals surface area contributed by atoms with Gasteiger partial charge in [0, 0.05) is 37.8 Å². The van der Waals surface area contributed by atoms with Crippen LogP contribution in [-0.4, -0.2) is 125 Å². The molecule has 5 rings (SSSR count). The number of nitrogens with one attached hydrogen (secondary N) is 1. The maximum Gasteiger partial charge on any atom is 0.413 e. The van der Waals surface area contributed by atoms with Gasteiger partial charge in [0.1, 0.15) is 23.6 Å². The standard InChI is InChI=1S/C38H45N5O12/c1-7-12-43(37(52)55-17-54-36(51)19-10-8-18(2)9-11-19)16-25(44)40-23-15-24(41(3)4)21-13-20-14-22-29(42(5)6)32(47)28(35(39)50)34(49)38(22,53)33(48)26(20)31(46)27(21)30(23)45/h8-11,15,20,22,29,45,47-48,53H,7,12-14,16-17H2,1-6H3,(H2,39,50)(H,40,44)/t20-,22-,29-,38-/m0/s1. The highest BCUT2D eigenvalue weighted by Crippen LogP contribution is 2.54. The first-order valence-corrected chi connectivity index (χ1v) is 17.5. The van der Waals surface area contributed by atoms with Crippen LogP contribution < -0.4 is 16.0 Å². The van der Waals surface area contributed by atoms with E-state index in [4.69, 9.17) is 15.2 Å². The fraction of sp³-hybridized carbons (Fsp3) is 0.421. The molecule has 0 radical (unpaired) electrons. The number of amides is 3. The summed E-state index contributed by atoms with van der Waals surface area (Å²) in [7, 11) is 6.43. The van der Waals surface area contributed by atoms with Crippen molar-refractivity contribution >= 4 is 46.8 Å². The number of hydrogen-bond acceptors (Lipinski definition) is 14. The van der Waals surface area contributed by atoms with Crippen LogP contribution in [-0.2, 0) is 30.3 Å². The van der Waals surface area contributed by atoms with Gasteiger partial charge < -0.3 is 45.9 Å². The number of rotatable bonds is 11. The van der Waals surface area contributed by atoms with Gasteiger partial charge in [-0.2, -0.15) is 0 Å². The summed E-state index contributed by atoms with van der Waals surface area (Å²) < 4.78 is 10.1. The van der Waals surface area contributed by atoms with Crippen LogP contribution in [0.2, 0.25) is 0 Å². The topological polar surface area (TPSA) is 250 Å². The molecule has 3 aliphatic rings. The van der Waals surface area contributed by atoms with Gasteiger partial charge in [-0.05, 0) is 70.0 Å². The van der Waals surface area contributed by atoms with E-state index in [0.29, 0.717) is 17.7 Å². The molecule has 7 N–H and O–H groups in total. The molecule has 294 valence electrons. The minimum Gasteiger partial charge on any atom is -0.510 e. The lowest BCUT2D eigenvalue weighted by molar-refractivity contribution is -0.148. The number of nitrogens with zero attached hydrogens (tertiary/aromatic N) is 3. The number of aliphatic hydroxyl groups is 3. The normalized spacial score (nSPS) is 21.7. The molecule has 0 spiro atoms. The number of allylic oxidation sites excluding steroid dienone is 1. The molecule has 0 heterocycles. The number of likely N-dealkylation sites (N-methyl/N-ethyl adjacent to an activating group) is 1. The largest absolute Gasteiger partial charge is 0.510 e. The number of hydrogen-bond donors (Lipinski definition) is 6. The monoisotopic (exact) mass is 763 g/mol. The third-order valence-electron chi connectivity index (χ3n) is 10.2. The number of aromatic hydroxyl groups is 1. The number of benzene rings is 2. The second-order valence-corrected chi connectivity index (χ2v) is 14.3. The fourth-order valence-corrected chi connectivity index (χ4v) is 7.66. The minimum absolute atomic E-state index is 0.0362. The lowest BCUT2D eigenvalue weighted by atomic mass is 9.58. The fourth-order valence-electron chi connectivity index (χ4n) is 7.66. The Balaban J connectivity index is 1.42. The first-order valence-electron chi connectivity index (χ1n) is 17.5. The number of primary amides is 1. The molecule has 0 bridgehead atoms. The number of aryl methyl sites for hydroxylation is 1. The predicted octanol–water partition coefficient (Wildman–Crippen LogP) is 2.10. The van der Waals surface area contributed by atoms with Gasteiger partial charge in [-0.15, -0.1) is 0 Å². The average molecular weight is 764 g/mol. The van der Waals surface area contributed by atoms with E-state index in [1.165, 1.54) is 11.0 Å². The van der Waals surface area contributed by atoms with Gasteiger partial charge in [-0.1, -0.05) is 24.6 Å². The molecule has 3 aliphatic carbocycles. The highest BCUT2D eigenvalue weighted by molar-refractivity contribution is 6.25. The third kappa shape index (κ3) is 7.19. The summed E-state index contributed by atoms with van der Waals surface area (Å²) in [5, 5.41) is 48.6. The van der Waals surface area contributed by atoms with E-state index in [2.05, 4.69) is 5.32 Å². The summed E-state index contributed by atoms with van der Waals surface area (Å²) in [6.45, 7) is 2.42. The van der Waals surface area contributed by atoms with Gasteiger partial charge in [0.05, 0.1) is 22.9 Å². The molecule has 17 nitrogen and oxygen atoms in total. The highest BCUT2D eigenvalue weighted by Gasteiger charge is 2.63. The van der Waals surface area contributed by atoms with Gasteiger partial charge in [0.25, 0.3) is 5.91 Å². The van der Waals surface area contributed by atoms with Crippen molar-refractivity contribution in [3.8, 4) is 5.75 Å². The van der Waals surface area contributed by atoms with E-state index in [1.54, 1.807) is 64.3 Å². The van der Waals surface area contributed by atoms with E-state index < -0.39 is 95.1 Å². The molecule has 17 heteroatoms. The number of carbonyl (C=O) groups is 6. The van der Waals surface area contributed by atoms with Gasteiger partial charge in [-0.3, -0.25) is 29.0 Å². The van der Waals surface area contributed by atoms with Crippen molar-refractivity contribution in [2.24, 2.45) is 17.6 Å². The Hall–Kier alpha value is -5.94. The Labute approximate surface area is 316 Å². The number of carbonyl (C=O) groups excluding carboxylic acids is 6. The van der Waals surface area contributed by atoms with Crippen LogP contribution in [0, 0.1) is 18.8 Å². The van der Waals surface area contributed by atoms with Gasteiger partial charge in [-0.25, -0.2) is 9.59 Å². The maximum atomic E-state index is 14.3. The molecule has 0 saturated carbocycles. The van der Waals surface area contributed by atoms with Crippen LogP contribution in [0.1, 0.15) is 51.6 Å². The van der Waals surface area contributed by atoms with E-state index in [9.17, 15) is 49.2 Å². The van der Waals surface area contributed by atoms with Crippen LogP contribution >= 0.6 is 0 Å². The van der Waals surface area contributed by atoms with E-state index in [-0.39, 0.29) is 41.8 Å². The number of ether oxygens (including phenoxy) is 2. The lowest BCUT2D eigenvalue weighted by Crippen LogP contribution is -2.63. The van der Waals surface area contributed by atoms with Gasteiger partial charge in [0.2, 0.25) is 18.5 Å². The van der Waals surface area contributed by atoms with Crippen molar-refractivity contribution in [3.63, 3.8) is 0 Å². The number of phenols is 1. The first-order chi connectivity index (χ1) is 25.8. The Morgan fingerprint density at radius 3 is 2.25 bits per heavy atom. The third-order valence-corrected chi connectivity index (χ3v) is 10.2. The number of ketones is 2. The zero-order chi connectivity index (χ0) is 40.7.